The maximum absolute atomic E-state index is 8.84. The summed E-state index contributed by atoms with van der Waals surface area (Å²) < 4.78 is 5.50. The predicted molar refractivity (Wildman–Crippen MR) is 88.1 cm³/mol. The van der Waals surface area contributed by atoms with Gasteiger partial charge in [-0.15, -0.1) is 0 Å². The zero-order chi connectivity index (χ0) is 15.2. The van der Waals surface area contributed by atoms with Crippen LogP contribution in [0.25, 0.3) is 0 Å². The molecule has 122 valence electrons. The summed E-state index contributed by atoms with van der Waals surface area (Å²) >= 11 is 0. The predicted octanol–water partition coefficient (Wildman–Crippen LogP) is 2.12. The van der Waals surface area contributed by atoms with Gasteiger partial charge in [-0.05, 0) is 50.0 Å². The summed E-state index contributed by atoms with van der Waals surface area (Å²) in [6, 6.07) is 9.03. The molecule has 1 atom stereocenters. The number of aliphatic hydroxyl groups excluding tert-OH is 1. The molecule has 2 saturated heterocycles. The van der Waals surface area contributed by atoms with E-state index in [1.807, 2.05) is 12.1 Å². The number of ether oxygens (including phenoxy) is 1. The first kappa shape index (κ1) is 15.8. The van der Waals surface area contributed by atoms with Crippen LogP contribution in [0.1, 0.15) is 31.2 Å². The molecule has 4 nitrogen and oxygen atoms in total. The summed E-state index contributed by atoms with van der Waals surface area (Å²) in [6.07, 6.45) is 5.47. The van der Waals surface area contributed by atoms with Gasteiger partial charge in [0.2, 0.25) is 0 Å². The van der Waals surface area contributed by atoms with Crippen molar-refractivity contribution < 1.29 is 9.84 Å². The Balaban J connectivity index is 1.51. The van der Waals surface area contributed by atoms with Gasteiger partial charge in [-0.3, -0.25) is 9.80 Å². The molecule has 1 aromatic carbocycles. The van der Waals surface area contributed by atoms with Crippen LogP contribution in [0.5, 0.6) is 5.75 Å². The maximum atomic E-state index is 8.84. The minimum absolute atomic E-state index is 0.0634. The van der Waals surface area contributed by atoms with Gasteiger partial charge in [-0.25, -0.2) is 0 Å². The van der Waals surface area contributed by atoms with E-state index >= 15 is 0 Å². The average molecular weight is 304 g/mol. The Labute approximate surface area is 133 Å². The fraction of sp³-hybridized carbons (Fsp3) is 0.667. The van der Waals surface area contributed by atoms with Crippen molar-refractivity contribution in [1.82, 2.24) is 9.80 Å². The summed E-state index contributed by atoms with van der Waals surface area (Å²) in [6.45, 7) is 6.41. The molecule has 1 aromatic rings. The smallest absolute Gasteiger partial charge is 0.119 e. The van der Waals surface area contributed by atoms with Crippen molar-refractivity contribution in [3.8, 4) is 5.75 Å². The van der Waals surface area contributed by atoms with Crippen molar-refractivity contribution in [3.05, 3.63) is 29.8 Å². The summed E-state index contributed by atoms with van der Waals surface area (Å²) in [5.41, 5.74) is 1.30. The van der Waals surface area contributed by atoms with Gasteiger partial charge >= 0.3 is 0 Å². The largest absolute Gasteiger partial charge is 0.491 e. The lowest BCUT2D eigenvalue weighted by molar-refractivity contribution is 0.161. The van der Waals surface area contributed by atoms with Crippen LogP contribution in [0.4, 0.5) is 0 Å². The van der Waals surface area contributed by atoms with E-state index in [4.69, 9.17) is 9.84 Å². The van der Waals surface area contributed by atoms with Crippen molar-refractivity contribution in [1.29, 1.82) is 0 Å². The Morgan fingerprint density at radius 2 is 2.00 bits per heavy atom. The second-order valence-corrected chi connectivity index (χ2v) is 6.49. The minimum Gasteiger partial charge on any atom is -0.491 e. The SMILES string of the molecule is OCCOc1cccc(CN2CC[C@@H](N3CCCCC3)C2)c1. The molecule has 0 aromatic heterocycles. The molecule has 0 amide bonds. The van der Waals surface area contributed by atoms with Crippen molar-refractivity contribution in [2.45, 2.75) is 38.3 Å². The minimum atomic E-state index is 0.0634. The normalized spacial score (nSPS) is 23.8. The fourth-order valence-corrected chi connectivity index (χ4v) is 3.69. The van der Waals surface area contributed by atoms with Crippen molar-refractivity contribution in [2.24, 2.45) is 0 Å². The third-order valence-electron chi connectivity index (χ3n) is 4.82. The van der Waals surface area contributed by atoms with Gasteiger partial charge in [-0.1, -0.05) is 18.6 Å². The third-order valence-corrected chi connectivity index (χ3v) is 4.82. The summed E-state index contributed by atoms with van der Waals surface area (Å²) in [5.74, 6) is 0.860. The molecule has 0 unspecified atom stereocenters. The second kappa shape index (κ2) is 7.95. The van der Waals surface area contributed by atoms with Gasteiger partial charge in [0.05, 0.1) is 6.61 Å². The monoisotopic (exact) mass is 304 g/mol. The van der Waals surface area contributed by atoms with E-state index in [0.29, 0.717) is 6.61 Å². The number of likely N-dealkylation sites (tertiary alicyclic amines) is 2. The molecular weight excluding hydrogens is 276 g/mol. The lowest BCUT2D eigenvalue weighted by Crippen LogP contribution is -2.40. The van der Waals surface area contributed by atoms with Gasteiger partial charge in [0, 0.05) is 25.7 Å². The van der Waals surface area contributed by atoms with E-state index < -0.39 is 0 Å². The Hall–Kier alpha value is -1.10. The number of rotatable bonds is 6. The molecule has 0 bridgehead atoms. The second-order valence-electron chi connectivity index (χ2n) is 6.49. The standard InChI is InChI=1S/C18H28N2O2/c21-11-12-22-18-6-4-5-16(13-18)14-19-10-7-17(15-19)20-8-2-1-3-9-20/h4-6,13,17,21H,1-3,7-12,14-15H2/t17-/m1/s1. The molecule has 2 aliphatic heterocycles. The molecule has 0 aliphatic carbocycles. The van der Waals surface area contributed by atoms with Crippen LogP contribution in [0, 0.1) is 0 Å². The summed E-state index contributed by atoms with van der Waals surface area (Å²) in [5, 5.41) is 8.84. The highest BCUT2D eigenvalue weighted by molar-refractivity contribution is 5.28. The van der Waals surface area contributed by atoms with Crippen molar-refractivity contribution in [3.63, 3.8) is 0 Å². The first-order chi connectivity index (χ1) is 10.8. The Morgan fingerprint density at radius 1 is 1.14 bits per heavy atom. The number of benzene rings is 1. The first-order valence-electron chi connectivity index (χ1n) is 8.64. The zero-order valence-electron chi connectivity index (χ0n) is 13.4. The maximum Gasteiger partial charge on any atom is 0.119 e. The molecule has 3 rings (SSSR count). The first-order valence-corrected chi connectivity index (χ1v) is 8.64. The quantitative estimate of drug-likeness (QED) is 0.873. The number of aliphatic hydroxyl groups is 1. The molecule has 1 N–H and O–H groups in total. The lowest BCUT2D eigenvalue weighted by atomic mass is 10.1. The van der Waals surface area contributed by atoms with Gasteiger partial charge in [0.1, 0.15) is 12.4 Å². The van der Waals surface area contributed by atoms with Gasteiger partial charge < -0.3 is 9.84 Å². The lowest BCUT2D eigenvalue weighted by Gasteiger charge is -2.32. The van der Waals surface area contributed by atoms with Gasteiger partial charge in [0.25, 0.3) is 0 Å². The van der Waals surface area contributed by atoms with Crippen LogP contribution in [-0.2, 0) is 6.54 Å². The summed E-state index contributed by atoms with van der Waals surface area (Å²) in [4.78, 5) is 5.26. The summed E-state index contributed by atoms with van der Waals surface area (Å²) in [7, 11) is 0. The molecule has 0 saturated carbocycles. The highest BCUT2D eigenvalue weighted by atomic mass is 16.5. The van der Waals surface area contributed by atoms with Crippen LogP contribution in [-0.4, -0.2) is 60.3 Å². The number of hydrogen-bond acceptors (Lipinski definition) is 4. The molecule has 2 heterocycles. The highest BCUT2D eigenvalue weighted by Gasteiger charge is 2.28. The highest BCUT2D eigenvalue weighted by Crippen LogP contribution is 2.22. The molecule has 4 heteroatoms. The molecule has 2 fully saturated rings. The third kappa shape index (κ3) is 4.22. The van der Waals surface area contributed by atoms with Crippen LogP contribution < -0.4 is 4.74 Å². The van der Waals surface area contributed by atoms with Crippen LogP contribution in [0.15, 0.2) is 24.3 Å². The Bertz CT molecular complexity index is 460. The van der Waals surface area contributed by atoms with Crippen molar-refractivity contribution >= 4 is 0 Å². The topological polar surface area (TPSA) is 35.9 Å². The van der Waals surface area contributed by atoms with E-state index in [-0.39, 0.29) is 6.61 Å². The fourth-order valence-electron chi connectivity index (χ4n) is 3.69. The van der Waals surface area contributed by atoms with Gasteiger partial charge in [0.15, 0.2) is 0 Å². The number of piperidine rings is 1. The van der Waals surface area contributed by atoms with Crippen molar-refractivity contribution in [2.75, 3.05) is 39.4 Å². The molecule has 0 radical (unpaired) electrons. The van der Waals surface area contributed by atoms with E-state index in [2.05, 4.69) is 21.9 Å². The molecule has 0 spiro atoms. The van der Waals surface area contributed by atoms with Crippen LogP contribution in [0.3, 0.4) is 0 Å². The van der Waals surface area contributed by atoms with Crippen LogP contribution >= 0.6 is 0 Å². The Kier molecular flexibility index (Phi) is 5.70. The van der Waals surface area contributed by atoms with E-state index in [1.165, 1.54) is 57.4 Å². The molecule has 2 aliphatic rings. The van der Waals surface area contributed by atoms with E-state index in [1.54, 1.807) is 0 Å². The number of nitrogens with zero attached hydrogens (tertiary/aromatic N) is 2. The molecular formula is C18H28N2O2. The van der Waals surface area contributed by atoms with Gasteiger partial charge in [-0.2, -0.15) is 0 Å². The van der Waals surface area contributed by atoms with Crippen LogP contribution in [0.2, 0.25) is 0 Å². The average Bonchev–Trinajstić information content (AvgIpc) is 3.03. The molecule has 22 heavy (non-hydrogen) atoms. The number of hydrogen-bond donors (Lipinski definition) is 1. The van der Waals surface area contributed by atoms with E-state index in [9.17, 15) is 0 Å². The zero-order valence-corrected chi connectivity index (χ0v) is 13.4. The van der Waals surface area contributed by atoms with E-state index in [0.717, 1.165) is 18.3 Å². The Morgan fingerprint density at radius 3 is 2.82 bits per heavy atom.